The molecule has 0 atom stereocenters. The summed E-state index contributed by atoms with van der Waals surface area (Å²) in [5, 5.41) is 30.0. The van der Waals surface area contributed by atoms with E-state index in [-0.39, 0.29) is 0 Å². The van der Waals surface area contributed by atoms with Crippen LogP contribution in [-0.4, -0.2) is 0 Å². The van der Waals surface area contributed by atoms with E-state index in [1.165, 1.54) is 141 Å². The number of rotatable bonds is 0. The van der Waals surface area contributed by atoms with Gasteiger partial charge < -0.3 is 0 Å². The van der Waals surface area contributed by atoms with Crippen LogP contribution in [0.1, 0.15) is 0 Å². The van der Waals surface area contributed by atoms with Gasteiger partial charge >= 0.3 is 0 Å². The molecular weight excluding hydrogens is 601 g/mol. The second-order valence-electron chi connectivity index (χ2n) is 14.7. The molecule has 0 bridgehead atoms. The van der Waals surface area contributed by atoms with E-state index in [9.17, 15) is 0 Å². The Bertz CT molecular complexity index is 3580. The van der Waals surface area contributed by atoms with Gasteiger partial charge in [0.05, 0.1) is 0 Å². The highest BCUT2D eigenvalue weighted by molar-refractivity contribution is 6.49. The molecule has 1 aliphatic carbocycles. The standard InChI is InChI=1S/C50H24/c1-2-7-26-21-29-24-42-38-16-13-34-36-18-19-40-48-39(43-22-27-8-5-11-31-30-9-3-4-10-32(30)50(44(27)31)49(40)43)17-14-35(46(36)48)33-12-15-37(47(38)45(33)34)41(42)23-28(29)20-25(26)6-1/h1-24H. The Balaban J connectivity index is 1.14. The average molecular weight is 625 g/mol. The second kappa shape index (κ2) is 8.03. The topological polar surface area (TPSA) is 0 Å². The van der Waals surface area contributed by atoms with Crippen LogP contribution in [0.2, 0.25) is 0 Å². The van der Waals surface area contributed by atoms with Gasteiger partial charge in [-0.3, -0.25) is 0 Å². The van der Waals surface area contributed by atoms with Gasteiger partial charge in [0.25, 0.3) is 0 Å². The lowest BCUT2D eigenvalue weighted by Crippen LogP contribution is -1.88. The summed E-state index contributed by atoms with van der Waals surface area (Å²) < 4.78 is 0. The zero-order valence-electron chi connectivity index (χ0n) is 26.9. The molecule has 0 heteroatoms. The van der Waals surface area contributed by atoms with Crippen molar-refractivity contribution < 1.29 is 0 Å². The maximum absolute atomic E-state index is 2.46. The summed E-state index contributed by atoms with van der Waals surface area (Å²) in [5.41, 5.74) is 5.43. The summed E-state index contributed by atoms with van der Waals surface area (Å²) in [7, 11) is 0. The van der Waals surface area contributed by atoms with Crippen LogP contribution in [0.3, 0.4) is 0 Å². The van der Waals surface area contributed by atoms with Gasteiger partial charge in [-0.15, -0.1) is 0 Å². The number of fused-ring (bicyclic) bond motifs is 14. The monoisotopic (exact) mass is 624 g/mol. The lowest BCUT2D eigenvalue weighted by Gasteiger charge is -2.16. The summed E-state index contributed by atoms with van der Waals surface area (Å²) in [4.78, 5) is 0. The van der Waals surface area contributed by atoms with Crippen LogP contribution in [0.15, 0.2) is 146 Å². The Hall–Kier alpha value is -6.50. The van der Waals surface area contributed by atoms with Gasteiger partial charge in [0.1, 0.15) is 0 Å². The van der Waals surface area contributed by atoms with E-state index >= 15 is 0 Å². The van der Waals surface area contributed by atoms with E-state index < -0.39 is 0 Å². The summed E-state index contributed by atoms with van der Waals surface area (Å²) in [6, 6.07) is 55.9. The smallest absolute Gasteiger partial charge is 0.000785 e. The van der Waals surface area contributed by atoms with Gasteiger partial charge in [-0.2, -0.15) is 0 Å². The minimum absolute atomic E-state index is 1.29. The first-order valence-electron chi connectivity index (χ1n) is 17.7. The second-order valence-corrected chi connectivity index (χ2v) is 14.7. The van der Waals surface area contributed by atoms with Crippen molar-refractivity contribution in [2.45, 2.75) is 0 Å². The van der Waals surface area contributed by atoms with Crippen molar-refractivity contribution in [3.05, 3.63) is 146 Å². The van der Waals surface area contributed by atoms with Gasteiger partial charge in [0.2, 0.25) is 0 Å². The maximum Gasteiger partial charge on any atom is -0.000785 e. The Kier molecular flexibility index (Phi) is 3.95. The Morgan fingerprint density at radius 3 is 1.30 bits per heavy atom. The van der Waals surface area contributed by atoms with Gasteiger partial charge in [-0.05, 0) is 171 Å². The molecule has 0 nitrogen and oxygen atoms in total. The Morgan fingerprint density at radius 2 is 0.620 bits per heavy atom. The molecule has 0 saturated carbocycles. The van der Waals surface area contributed by atoms with E-state index in [4.69, 9.17) is 0 Å². The van der Waals surface area contributed by atoms with Gasteiger partial charge in [-0.25, -0.2) is 0 Å². The van der Waals surface area contributed by atoms with Crippen molar-refractivity contribution in [3.63, 3.8) is 0 Å². The van der Waals surface area contributed by atoms with Gasteiger partial charge in [0.15, 0.2) is 0 Å². The third-order valence-corrected chi connectivity index (χ3v) is 12.5. The van der Waals surface area contributed by atoms with Crippen molar-refractivity contribution in [1.29, 1.82) is 0 Å². The van der Waals surface area contributed by atoms with Crippen molar-refractivity contribution in [1.82, 2.24) is 0 Å². The number of hydrogen-bond donors (Lipinski definition) is 0. The highest BCUT2D eigenvalue weighted by Gasteiger charge is 2.27. The molecule has 224 valence electrons. The van der Waals surface area contributed by atoms with Crippen LogP contribution in [0.25, 0.3) is 141 Å². The first kappa shape index (κ1) is 24.6. The summed E-state index contributed by atoms with van der Waals surface area (Å²) >= 11 is 0. The predicted molar refractivity (Wildman–Crippen MR) is 217 cm³/mol. The molecule has 0 spiro atoms. The molecule has 50 heavy (non-hydrogen) atoms. The van der Waals surface area contributed by atoms with Crippen LogP contribution >= 0.6 is 0 Å². The quantitative estimate of drug-likeness (QED) is 0.116. The predicted octanol–water partition coefficient (Wildman–Crippen LogP) is 14.3. The van der Waals surface area contributed by atoms with E-state index in [0.29, 0.717) is 0 Å². The van der Waals surface area contributed by atoms with Crippen LogP contribution in [0.5, 0.6) is 0 Å². The number of hydrogen-bond acceptors (Lipinski definition) is 0. The molecule has 14 rings (SSSR count). The summed E-state index contributed by atoms with van der Waals surface area (Å²) in [6.07, 6.45) is 0. The lowest BCUT2D eigenvalue weighted by molar-refractivity contribution is 1.75. The Morgan fingerprint density at radius 1 is 0.180 bits per heavy atom. The molecule has 0 unspecified atom stereocenters. The minimum Gasteiger partial charge on any atom is -0.0616 e. The molecule has 0 radical (unpaired) electrons. The van der Waals surface area contributed by atoms with Gasteiger partial charge in [-0.1, -0.05) is 115 Å². The van der Waals surface area contributed by atoms with Crippen molar-refractivity contribution >= 4 is 118 Å². The zero-order valence-corrected chi connectivity index (χ0v) is 26.9. The average Bonchev–Trinajstić information content (AvgIpc) is 3.79. The minimum atomic E-state index is 1.29. The summed E-state index contributed by atoms with van der Waals surface area (Å²) in [5.74, 6) is 0. The maximum atomic E-state index is 2.46. The third kappa shape index (κ3) is 2.61. The Labute approximate surface area is 285 Å². The van der Waals surface area contributed by atoms with Crippen molar-refractivity contribution in [2.24, 2.45) is 0 Å². The molecule has 0 aliphatic heterocycles. The first-order valence-corrected chi connectivity index (χ1v) is 17.7. The van der Waals surface area contributed by atoms with E-state index in [1.54, 1.807) is 0 Å². The largest absolute Gasteiger partial charge is 0.0616 e. The van der Waals surface area contributed by atoms with Crippen molar-refractivity contribution in [2.75, 3.05) is 0 Å². The molecule has 0 amide bonds. The van der Waals surface area contributed by atoms with Gasteiger partial charge in [0, 0.05) is 0 Å². The molecule has 0 N–H and O–H groups in total. The molecular formula is C50H24. The molecule has 13 aromatic rings. The first-order chi connectivity index (χ1) is 24.8. The van der Waals surface area contributed by atoms with Crippen LogP contribution < -0.4 is 0 Å². The highest BCUT2D eigenvalue weighted by atomic mass is 14.3. The fourth-order valence-electron chi connectivity index (χ4n) is 10.6. The van der Waals surface area contributed by atoms with E-state index in [1.807, 2.05) is 0 Å². The molecule has 0 saturated heterocycles. The molecule has 13 aromatic carbocycles. The van der Waals surface area contributed by atoms with E-state index in [0.717, 1.165) is 0 Å². The number of benzene rings is 11. The van der Waals surface area contributed by atoms with Crippen LogP contribution in [0, 0.1) is 0 Å². The summed E-state index contributed by atoms with van der Waals surface area (Å²) in [6.45, 7) is 0. The highest BCUT2D eigenvalue weighted by Crippen LogP contribution is 2.55. The molecule has 1 aliphatic rings. The van der Waals surface area contributed by atoms with E-state index in [2.05, 4.69) is 146 Å². The molecule has 0 aromatic heterocycles. The fraction of sp³-hybridized carbons (Fsp3) is 0. The normalized spacial score (nSPS) is 13.2. The fourth-order valence-corrected chi connectivity index (χ4v) is 10.6. The third-order valence-electron chi connectivity index (χ3n) is 12.5. The van der Waals surface area contributed by atoms with Crippen LogP contribution in [0.4, 0.5) is 0 Å². The lowest BCUT2D eigenvalue weighted by atomic mass is 9.87. The molecule has 0 heterocycles. The van der Waals surface area contributed by atoms with Crippen LogP contribution in [-0.2, 0) is 0 Å². The SMILES string of the molecule is c1ccc2cc3cc4c(cc3cc2c1)-c1ccc2c3ccc5c6cc7cccc8c9ccccc9c(c78)c6c6ccc(c7ccc-4c1c27)c3c56. The molecule has 0 fully saturated rings. The van der Waals surface area contributed by atoms with Crippen molar-refractivity contribution in [3.8, 4) is 22.3 Å². The zero-order chi connectivity index (χ0) is 32.0.